The lowest BCUT2D eigenvalue weighted by atomic mass is 10.0. The first kappa shape index (κ1) is 32.7. The van der Waals surface area contributed by atoms with Crippen LogP contribution in [0.5, 0.6) is 0 Å². The lowest BCUT2D eigenvalue weighted by molar-refractivity contribution is 1.07. The van der Waals surface area contributed by atoms with Gasteiger partial charge in [-0.15, -0.1) is 11.3 Å². The molecule has 0 saturated heterocycles. The molecule has 9 aromatic carbocycles. The molecule has 0 atom stereocenters. The highest BCUT2D eigenvalue weighted by Gasteiger charge is 2.24. The molecule has 58 heavy (non-hydrogen) atoms. The number of rotatable bonds is 5. The Bertz CT molecular complexity index is 3580. The highest BCUT2D eigenvalue weighted by atomic mass is 32.1. The van der Waals surface area contributed by atoms with Crippen LogP contribution in [0.2, 0.25) is 0 Å². The molecule has 0 aliphatic carbocycles. The molecule has 0 bridgehead atoms. The maximum Gasteiger partial charge on any atom is 0.167 e. The zero-order chi connectivity index (χ0) is 38.2. The third-order valence-corrected chi connectivity index (χ3v) is 12.6. The van der Waals surface area contributed by atoms with Gasteiger partial charge in [0.15, 0.2) is 17.5 Å². The van der Waals surface area contributed by atoms with Crippen molar-refractivity contribution >= 4 is 74.9 Å². The number of nitrogens with zero attached hydrogens (tertiary/aromatic N) is 4. The van der Waals surface area contributed by atoms with Crippen molar-refractivity contribution in [2.24, 2.45) is 0 Å². The summed E-state index contributed by atoms with van der Waals surface area (Å²) in [6.07, 6.45) is 0. The van der Waals surface area contributed by atoms with Gasteiger partial charge in [0.2, 0.25) is 0 Å². The molecule has 4 nitrogen and oxygen atoms in total. The van der Waals surface area contributed by atoms with E-state index < -0.39 is 0 Å². The zero-order valence-corrected chi connectivity index (χ0v) is 32.0. The first-order chi connectivity index (χ1) is 28.7. The number of aromatic nitrogens is 4. The predicted octanol–water partition coefficient (Wildman–Crippen LogP) is 14.3. The van der Waals surface area contributed by atoms with Gasteiger partial charge in [0.1, 0.15) is 0 Å². The fraction of sp³-hybridized carbons (Fsp3) is 0. The molecule has 3 aromatic heterocycles. The van der Waals surface area contributed by atoms with Gasteiger partial charge in [-0.2, -0.15) is 0 Å². The van der Waals surface area contributed by atoms with Crippen molar-refractivity contribution in [3.05, 3.63) is 194 Å². The van der Waals surface area contributed by atoms with Crippen molar-refractivity contribution in [2.75, 3.05) is 0 Å². The maximum absolute atomic E-state index is 5.47. The fourth-order valence-corrected chi connectivity index (χ4v) is 9.88. The number of hydrogen-bond acceptors (Lipinski definition) is 4. The Labute approximate surface area is 338 Å². The Kier molecular flexibility index (Phi) is 7.37. The second-order valence-electron chi connectivity index (χ2n) is 14.8. The molecule has 12 rings (SSSR count). The molecule has 0 fully saturated rings. The number of thiophene rings is 1. The smallest absolute Gasteiger partial charge is 0.167 e. The molecule has 0 aliphatic heterocycles. The number of benzene rings is 9. The van der Waals surface area contributed by atoms with E-state index in [-0.39, 0.29) is 0 Å². The SMILES string of the molecule is c1ccc(-c2cccc(-c3nc(-c4ccc5ccccc5c4)nc(-c4c(-n5c6ccccc6c6cc7ccccc7cc65)ccc5c4sc4ccccc45)n3)c2)cc1. The third kappa shape index (κ3) is 5.25. The molecule has 0 radical (unpaired) electrons. The van der Waals surface area contributed by atoms with Crippen LogP contribution >= 0.6 is 11.3 Å². The van der Waals surface area contributed by atoms with Crippen LogP contribution < -0.4 is 0 Å². The molecule has 0 unspecified atom stereocenters. The quantitative estimate of drug-likeness (QED) is 0.176. The summed E-state index contributed by atoms with van der Waals surface area (Å²) < 4.78 is 4.79. The lowest BCUT2D eigenvalue weighted by Gasteiger charge is -2.16. The van der Waals surface area contributed by atoms with Crippen molar-refractivity contribution < 1.29 is 0 Å². The van der Waals surface area contributed by atoms with Gasteiger partial charge in [0.05, 0.1) is 22.3 Å². The monoisotopic (exact) mass is 756 g/mol. The van der Waals surface area contributed by atoms with Crippen LogP contribution in [-0.4, -0.2) is 19.5 Å². The Morgan fingerprint density at radius 2 is 0.966 bits per heavy atom. The first-order valence-corrected chi connectivity index (χ1v) is 20.3. The topological polar surface area (TPSA) is 43.6 Å². The lowest BCUT2D eigenvalue weighted by Crippen LogP contribution is -2.04. The van der Waals surface area contributed by atoms with Gasteiger partial charge in [-0.3, -0.25) is 0 Å². The van der Waals surface area contributed by atoms with Crippen molar-refractivity contribution in [3.63, 3.8) is 0 Å². The summed E-state index contributed by atoms with van der Waals surface area (Å²) in [5.41, 5.74) is 8.41. The van der Waals surface area contributed by atoms with E-state index in [2.05, 4.69) is 193 Å². The van der Waals surface area contributed by atoms with Gasteiger partial charge in [-0.1, -0.05) is 152 Å². The average Bonchev–Trinajstić information content (AvgIpc) is 3.83. The standard InChI is InChI=1S/C53H32N4S/c1-2-13-33(14-3-1)36-19-12-20-39(29-36)51-54-52(40-26-25-34-15-4-5-16-35(34)30-40)56-53(55-51)49-46(28-27-43-42-22-9-11-24-48(42)58-50(43)49)57-45-23-10-8-21-41(45)44-31-37-17-6-7-18-38(37)32-47(44)57/h1-32H. The summed E-state index contributed by atoms with van der Waals surface area (Å²) in [5.74, 6) is 1.90. The van der Waals surface area contributed by atoms with Gasteiger partial charge >= 0.3 is 0 Å². The summed E-state index contributed by atoms with van der Waals surface area (Å²) in [4.78, 5) is 16.2. The zero-order valence-electron chi connectivity index (χ0n) is 31.2. The Hall–Kier alpha value is -7.47. The highest BCUT2D eigenvalue weighted by Crippen LogP contribution is 2.45. The molecule has 270 valence electrons. The van der Waals surface area contributed by atoms with E-state index in [1.54, 1.807) is 11.3 Å². The number of para-hydroxylation sites is 1. The summed E-state index contributed by atoms with van der Waals surface area (Å²) in [5, 5.41) is 9.56. The molecule has 0 aliphatic rings. The largest absolute Gasteiger partial charge is 0.308 e. The van der Waals surface area contributed by atoms with Crippen LogP contribution in [-0.2, 0) is 0 Å². The van der Waals surface area contributed by atoms with E-state index in [0.717, 1.165) is 54.6 Å². The third-order valence-electron chi connectivity index (χ3n) is 11.4. The van der Waals surface area contributed by atoms with Crippen LogP contribution in [0.1, 0.15) is 0 Å². The van der Waals surface area contributed by atoms with E-state index in [1.807, 2.05) is 6.07 Å². The summed E-state index contributed by atoms with van der Waals surface area (Å²) >= 11 is 1.80. The van der Waals surface area contributed by atoms with Gasteiger partial charge in [0, 0.05) is 42.1 Å². The van der Waals surface area contributed by atoms with Gasteiger partial charge in [-0.25, -0.2) is 15.0 Å². The molecule has 0 N–H and O–H groups in total. The maximum atomic E-state index is 5.47. The van der Waals surface area contributed by atoms with Crippen LogP contribution in [0.3, 0.4) is 0 Å². The fourth-order valence-electron chi connectivity index (χ4n) is 8.64. The first-order valence-electron chi connectivity index (χ1n) is 19.5. The van der Waals surface area contributed by atoms with E-state index in [0.29, 0.717) is 17.5 Å². The normalized spacial score (nSPS) is 11.8. The molecule has 12 aromatic rings. The number of hydrogen-bond donors (Lipinski definition) is 0. The van der Waals surface area contributed by atoms with Crippen LogP contribution in [0, 0.1) is 0 Å². The van der Waals surface area contributed by atoms with E-state index in [4.69, 9.17) is 15.0 Å². The molecule has 0 saturated carbocycles. The van der Waals surface area contributed by atoms with E-state index in [9.17, 15) is 0 Å². The Balaban J connectivity index is 1.19. The van der Waals surface area contributed by atoms with Crippen LogP contribution in [0.4, 0.5) is 0 Å². The average molecular weight is 757 g/mol. The molecular weight excluding hydrogens is 725 g/mol. The highest BCUT2D eigenvalue weighted by molar-refractivity contribution is 7.26. The minimum atomic E-state index is 0.628. The van der Waals surface area contributed by atoms with Crippen LogP contribution in [0.15, 0.2) is 194 Å². The molecular formula is C53H32N4S. The van der Waals surface area contributed by atoms with E-state index in [1.165, 1.54) is 42.4 Å². The predicted molar refractivity (Wildman–Crippen MR) is 244 cm³/mol. The summed E-state index contributed by atoms with van der Waals surface area (Å²) in [6.45, 7) is 0. The van der Waals surface area contributed by atoms with Crippen molar-refractivity contribution in [1.29, 1.82) is 0 Å². The minimum Gasteiger partial charge on any atom is -0.308 e. The minimum absolute atomic E-state index is 0.628. The molecule has 5 heteroatoms. The van der Waals surface area contributed by atoms with Crippen molar-refractivity contribution in [3.8, 4) is 51.0 Å². The summed E-state index contributed by atoms with van der Waals surface area (Å²) in [7, 11) is 0. The second-order valence-corrected chi connectivity index (χ2v) is 15.9. The van der Waals surface area contributed by atoms with Crippen molar-refractivity contribution in [2.45, 2.75) is 0 Å². The van der Waals surface area contributed by atoms with Gasteiger partial charge in [-0.05, 0) is 75.1 Å². The Morgan fingerprint density at radius 3 is 1.79 bits per heavy atom. The number of fused-ring (bicyclic) bond motifs is 8. The van der Waals surface area contributed by atoms with Crippen molar-refractivity contribution in [1.82, 2.24) is 19.5 Å². The molecule has 0 amide bonds. The molecule has 0 spiro atoms. The van der Waals surface area contributed by atoms with Crippen LogP contribution in [0.25, 0.3) is 115 Å². The van der Waals surface area contributed by atoms with E-state index >= 15 is 0 Å². The summed E-state index contributed by atoms with van der Waals surface area (Å²) in [6, 6.07) is 69.2. The second kappa shape index (κ2) is 13.1. The Morgan fingerprint density at radius 1 is 0.345 bits per heavy atom. The van der Waals surface area contributed by atoms with Gasteiger partial charge < -0.3 is 4.57 Å². The molecule has 3 heterocycles. The van der Waals surface area contributed by atoms with Gasteiger partial charge in [0.25, 0.3) is 0 Å².